The molecule has 2 heterocycles. The lowest BCUT2D eigenvalue weighted by Crippen LogP contribution is -2.22. The first-order chi connectivity index (χ1) is 9.61. The maximum atomic E-state index is 12.1. The van der Waals surface area contributed by atoms with E-state index < -0.39 is 0 Å². The fourth-order valence-corrected chi connectivity index (χ4v) is 3.10. The Kier molecular flexibility index (Phi) is 4.91. The number of anilines is 2. The molecular formula is C12H17N5OS2. The Morgan fingerprint density at radius 3 is 3.00 bits per heavy atom. The standard InChI is InChI=1S/C12H17N5OS2/c1-3-4-17(2)12-16-10(13)9(20-12)11(18)14-5-8-6-19-7-15-8/h6-7H,3-5,13H2,1-2H3,(H,14,18). The number of nitrogen functional groups attached to an aromatic ring is 1. The van der Waals surface area contributed by atoms with E-state index in [1.807, 2.05) is 17.3 Å². The summed E-state index contributed by atoms with van der Waals surface area (Å²) >= 11 is 2.81. The van der Waals surface area contributed by atoms with E-state index in [4.69, 9.17) is 5.73 Å². The summed E-state index contributed by atoms with van der Waals surface area (Å²) in [6, 6.07) is 0. The third-order valence-electron chi connectivity index (χ3n) is 2.65. The maximum absolute atomic E-state index is 12.1. The van der Waals surface area contributed by atoms with Gasteiger partial charge in [0.15, 0.2) is 5.13 Å². The highest BCUT2D eigenvalue weighted by Crippen LogP contribution is 2.27. The highest BCUT2D eigenvalue weighted by atomic mass is 32.1. The number of hydrogen-bond acceptors (Lipinski definition) is 7. The van der Waals surface area contributed by atoms with Gasteiger partial charge in [0.25, 0.3) is 5.91 Å². The largest absolute Gasteiger partial charge is 0.382 e. The number of thiazole rings is 2. The van der Waals surface area contributed by atoms with Crippen LogP contribution in [0.3, 0.4) is 0 Å². The lowest BCUT2D eigenvalue weighted by atomic mass is 10.4. The molecule has 2 aromatic rings. The lowest BCUT2D eigenvalue weighted by Gasteiger charge is -2.13. The van der Waals surface area contributed by atoms with Gasteiger partial charge in [-0.1, -0.05) is 18.3 Å². The predicted molar refractivity (Wildman–Crippen MR) is 83.4 cm³/mol. The van der Waals surface area contributed by atoms with Crippen molar-refractivity contribution in [1.82, 2.24) is 15.3 Å². The molecule has 0 atom stereocenters. The average Bonchev–Trinajstić information content (AvgIpc) is 3.05. The maximum Gasteiger partial charge on any atom is 0.265 e. The van der Waals surface area contributed by atoms with Gasteiger partial charge in [-0.15, -0.1) is 11.3 Å². The molecule has 0 fully saturated rings. The Balaban J connectivity index is 2.02. The van der Waals surface area contributed by atoms with Crippen LogP contribution in [0.1, 0.15) is 28.7 Å². The van der Waals surface area contributed by atoms with Gasteiger partial charge in [0.2, 0.25) is 0 Å². The summed E-state index contributed by atoms with van der Waals surface area (Å²) < 4.78 is 0. The van der Waals surface area contributed by atoms with Crippen LogP contribution in [0.5, 0.6) is 0 Å². The van der Waals surface area contributed by atoms with Crippen LogP contribution in [0.25, 0.3) is 0 Å². The van der Waals surface area contributed by atoms with Gasteiger partial charge in [-0.2, -0.15) is 0 Å². The monoisotopic (exact) mass is 311 g/mol. The van der Waals surface area contributed by atoms with Gasteiger partial charge in [0, 0.05) is 19.0 Å². The summed E-state index contributed by atoms with van der Waals surface area (Å²) in [5.41, 5.74) is 8.40. The van der Waals surface area contributed by atoms with Crippen molar-refractivity contribution in [2.45, 2.75) is 19.9 Å². The summed E-state index contributed by atoms with van der Waals surface area (Å²) in [5, 5.41) is 5.47. The summed E-state index contributed by atoms with van der Waals surface area (Å²) in [4.78, 5) is 22.9. The van der Waals surface area contributed by atoms with E-state index >= 15 is 0 Å². The molecule has 0 aromatic carbocycles. The van der Waals surface area contributed by atoms with Crippen molar-refractivity contribution in [1.29, 1.82) is 0 Å². The number of aromatic nitrogens is 2. The van der Waals surface area contributed by atoms with E-state index in [0.29, 0.717) is 11.4 Å². The SMILES string of the molecule is CCCN(C)c1nc(N)c(C(=O)NCc2cscn2)s1. The Labute approximate surface area is 125 Å². The number of hydrogen-bond donors (Lipinski definition) is 2. The number of nitrogens with zero attached hydrogens (tertiary/aromatic N) is 3. The summed E-state index contributed by atoms with van der Waals surface area (Å²) in [6.45, 7) is 3.38. The van der Waals surface area contributed by atoms with Crippen molar-refractivity contribution in [3.8, 4) is 0 Å². The molecule has 3 N–H and O–H groups in total. The van der Waals surface area contributed by atoms with E-state index in [1.165, 1.54) is 22.7 Å². The van der Waals surface area contributed by atoms with Crippen LogP contribution in [0.2, 0.25) is 0 Å². The minimum absolute atomic E-state index is 0.204. The normalized spacial score (nSPS) is 10.5. The topological polar surface area (TPSA) is 84.1 Å². The van der Waals surface area contributed by atoms with Crippen LogP contribution in [-0.4, -0.2) is 29.5 Å². The molecule has 0 saturated heterocycles. The Morgan fingerprint density at radius 2 is 2.35 bits per heavy atom. The summed E-state index contributed by atoms with van der Waals surface area (Å²) in [7, 11) is 1.94. The molecule has 8 heteroatoms. The molecule has 0 spiro atoms. The molecule has 6 nitrogen and oxygen atoms in total. The van der Waals surface area contributed by atoms with Crippen molar-refractivity contribution in [3.63, 3.8) is 0 Å². The first kappa shape index (κ1) is 14.7. The second-order valence-corrected chi connectivity index (χ2v) is 5.99. The molecule has 0 aliphatic heterocycles. The molecule has 20 heavy (non-hydrogen) atoms. The molecule has 0 aliphatic rings. The Bertz CT molecular complexity index is 566. The molecule has 0 unspecified atom stereocenters. The van der Waals surface area contributed by atoms with Crippen molar-refractivity contribution < 1.29 is 4.79 Å². The van der Waals surface area contributed by atoms with Gasteiger partial charge < -0.3 is 16.0 Å². The Hall–Kier alpha value is -1.67. The number of amides is 1. The summed E-state index contributed by atoms with van der Waals surface area (Å²) in [5.74, 6) is 0.0767. The van der Waals surface area contributed by atoms with Gasteiger partial charge in [-0.3, -0.25) is 4.79 Å². The molecule has 0 bridgehead atoms. The van der Waals surface area contributed by atoms with Gasteiger partial charge in [0.05, 0.1) is 17.7 Å². The summed E-state index contributed by atoms with van der Waals surface area (Å²) in [6.07, 6.45) is 1.02. The molecule has 1 amide bonds. The zero-order valence-electron chi connectivity index (χ0n) is 11.4. The van der Waals surface area contributed by atoms with Gasteiger partial charge in [0.1, 0.15) is 10.7 Å². The number of nitrogens with one attached hydrogen (secondary N) is 1. The van der Waals surface area contributed by atoms with Crippen LogP contribution in [0.15, 0.2) is 10.9 Å². The smallest absolute Gasteiger partial charge is 0.265 e. The zero-order valence-corrected chi connectivity index (χ0v) is 13.1. The molecular weight excluding hydrogens is 294 g/mol. The van der Waals surface area contributed by atoms with E-state index in [9.17, 15) is 4.79 Å². The number of rotatable bonds is 6. The highest BCUT2D eigenvalue weighted by Gasteiger charge is 2.17. The molecule has 2 aromatic heterocycles. The van der Waals surface area contributed by atoms with Crippen molar-refractivity contribution in [2.75, 3.05) is 24.2 Å². The van der Waals surface area contributed by atoms with Gasteiger partial charge in [-0.25, -0.2) is 9.97 Å². The number of carbonyl (C=O) groups is 1. The zero-order chi connectivity index (χ0) is 14.5. The van der Waals surface area contributed by atoms with Crippen molar-refractivity contribution >= 4 is 39.5 Å². The minimum Gasteiger partial charge on any atom is -0.382 e. The molecule has 108 valence electrons. The van der Waals surface area contributed by atoms with E-state index in [0.717, 1.165) is 23.8 Å². The first-order valence-corrected chi connectivity index (χ1v) is 8.00. The van der Waals surface area contributed by atoms with Crippen LogP contribution >= 0.6 is 22.7 Å². The quantitative estimate of drug-likeness (QED) is 0.852. The fourth-order valence-electron chi connectivity index (χ4n) is 1.65. The van der Waals surface area contributed by atoms with Crippen molar-refractivity contribution in [3.05, 3.63) is 21.5 Å². The first-order valence-electron chi connectivity index (χ1n) is 6.24. The van der Waals surface area contributed by atoms with E-state index in [1.54, 1.807) is 5.51 Å². The van der Waals surface area contributed by atoms with E-state index in [-0.39, 0.29) is 11.7 Å². The minimum atomic E-state index is -0.204. The Morgan fingerprint density at radius 1 is 1.55 bits per heavy atom. The number of carbonyl (C=O) groups excluding carboxylic acids is 1. The van der Waals surface area contributed by atoms with Crippen LogP contribution in [0, 0.1) is 0 Å². The third-order valence-corrected chi connectivity index (χ3v) is 4.47. The predicted octanol–water partition coefficient (Wildman–Crippen LogP) is 1.96. The molecule has 0 saturated carbocycles. The van der Waals surface area contributed by atoms with Crippen LogP contribution in [0.4, 0.5) is 10.9 Å². The molecule has 0 aliphatic carbocycles. The molecule has 2 rings (SSSR count). The van der Waals surface area contributed by atoms with Gasteiger partial charge in [-0.05, 0) is 6.42 Å². The fraction of sp³-hybridized carbons (Fsp3) is 0.417. The second kappa shape index (κ2) is 6.67. The number of nitrogens with two attached hydrogens (primary N) is 1. The molecule has 0 radical (unpaired) electrons. The van der Waals surface area contributed by atoms with Crippen LogP contribution < -0.4 is 16.0 Å². The van der Waals surface area contributed by atoms with Crippen molar-refractivity contribution in [2.24, 2.45) is 0 Å². The van der Waals surface area contributed by atoms with Crippen LogP contribution in [-0.2, 0) is 6.54 Å². The lowest BCUT2D eigenvalue weighted by molar-refractivity contribution is 0.0955. The van der Waals surface area contributed by atoms with E-state index in [2.05, 4.69) is 22.2 Å². The second-order valence-electron chi connectivity index (χ2n) is 4.29. The third kappa shape index (κ3) is 3.45. The average molecular weight is 311 g/mol. The highest BCUT2D eigenvalue weighted by molar-refractivity contribution is 7.18. The van der Waals surface area contributed by atoms with Gasteiger partial charge >= 0.3 is 0 Å².